The van der Waals surface area contributed by atoms with Gasteiger partial charge in [-0.15, -0.1) is 0 Å². The molecule has 146 valence electrons. The molecule has 5 nitrogen and oxygen atoms in total. The van der Waals surface area contributed by atoms with Crippen molar-refractivity contribution in [3.8, 4) is 0 Å². The second kappa shape index (κ2) is 8.37. The molecule has 1 fully saturated rings. The second-order valence-electron chi connectivity index (χ2n) is 7.75. The molecule has 2 heterocycles. The van der Waals surface area contributed by atoms with Crippen LogP contribution >= 0.6 is 11.8 Å². The normalized spacial score (nSPS) is 16.2. The predicted octanol–water partition coefficient (Wildman–Crippen LogP) is 3.97. The maximum absolute atomic E-state index is 12.8. The van der Waals surface area contributed by atoms with E-state index in [4.69, 9.17) is 0 Å². The largest absolute Gasteiger partial charge is 0.351 e. The van der Waals surface area contributed by atoms with Gasteiger partial charge in [0.25, 0.3) is 5.91 Å². The van der Waals surface area contributed by atoms with Crippen LogP contribution in [0.25, 0.3) is 11.0 Å². The molecular formula is C22H26N4OS. The zero-order valence-corrected chi connectivity index (χ0v) is 16.9. The van der Waals surface area contributed by atoms with Crippen molar-refractivity contribution in [1.82, 2.24) is 20.6 Å². The summed E-state index contributed by atoms with van der Waals surface area (Å²) in [6.07, 6.45) is 2.19. The van der Waals surface area contributed by atoms with Gasteiger partial charge in [0.05, 0.1) is 11.0 Å². The van der Waals surface area contributed by atoms with Crippen LogP contribution in [0.3, 0.4) is 0 Å². The lowest BCUT2D eigenvalue weighted by Crippen LogP contribution is -2.43. The predicted molar refractivity (Wildman–Crippen MR) is 115 cm³/mol. The van der Waals surface area contributed by atoms with Crippen molar-refractivity contribution >= 4 is 28.7 Å². The molecule has 1 amide bonds. The number of carbonyl (C=O) groups excluding carboxylic acids is 1. The van der Waals surface area contributed by atoms with Crippen LogP contribution < -0.4 is 10.6 Å². The highest BCUT2D eigenvalue weighted by Gasteiger charge is 2.27. The van der Waals surface area contributed by atoms with Crippen LogP contribution in [0.15, 0.2) is 53.7 Å². The highest BCUT2D eigenvalue weighted by molar-refractivity contribution is 7.98. The highest BCUT2D eigenvalue weighted by Crippen LogP contribution is 2.27. The second-order valence-corrected chi connectivity index (χ2v) is 8.71. The van der Waals surface area contributed by atoms with Gasteiger partial charge in [0.2, 0.25) is 0 Å². The van der Waals surface area contributed by atoms with Gasteiger partial charge in [0.15, 0.2) is 5.16 Å². The number of hydrogen-bond donors (Lipinski definition) is 3. The Balaban J connectivity index is 1.41. The maximum Gasteiger partial charge on any atom is 0.251 e. The summed E-state index contributed by atoms with van der Waals surface area (Å²) < 4.78 is 0. The van der Waals surface area contributed by atoms with Gasteiger partial charge in [-0.3, -0.25) is 4.79 Å². The molecule has 3 aromatic rings. The Labute approximate surface area is 169 Å². The zero-order chi connectivity index (χ0) is 19.4. The summed E-state index contributed by atoms with van der Waals surface area (Å²) in [6.45, 7) is 5.03. The number of rotatable bonds is 6. The topological polar surface area (TPSA) is 69.8 Å². The molecule has 0 atom stereocenters. The van der Waals surface area contributed by atoms with Crippen molar-refractivity contribution in [3.63, 3.8) is 0 Å². The summed E-state index contributed by atoms with van der Waals surface area (Å²) in [5.74, 6) is 0.713. The van der Waals surface area contributed by atoms with Gasteiger partial charge in [-0.2, -0.15) is 0 Å². The quantitative estimate of drug-likeness (QED) is 0.553. The molecule has 0 bridgehead atoms. The van der Waals surface area contributed by atoms with Crippen LogP contribution in [0, 0.1) is 5.41 Å². The van der Waals surface area contributed by atoms with Crippen LogP contribution in [0.4, 0.5) is 0 Å². The minimum Gasteiger partial charge on any atom is -0.351 e. The molecular weight excluding hydrogens is 368 g/mol. The molecule has 6 heteroatoms. The Morgan fingerprint density at radius 1 is 1.14 bits per heavy atom. The van der Waals surface area contributed by atoms with E-state index in [0.29, 0.717) is 5.75 Å². The molecule has 28 heavy (non-hydrogen) atoms. The molecule has 2 aromatic carbocycles. The van der Waals surface area contributed by atoms with Crippen molar-refractivity contribution < 1.29 is 4.79 Å². The third-order valence-corrected chi connectivity index (χ3v) is 6.40. The molecule has 1 aliphatic heterocycles. The summed E-state index contributed by atoms with van der Waals surface area (Å²) >= 11 is 1.62. The lowest BCUT2D eigenvalue weighted by molar-refractivity contribution is 0.0921. The first kappa shape index (κ1) is 19.0. The van der Waals surface area contributed by atoms with E-state index in [9.17, 15) is 4.79 Å². The Bertz CT molecular complexity index is 929. The number of benzene rings is 2. The molecule has 4 rings (SSSR count). The van der Waals surface area contributed by atoms with Gasteiger partial charge < -0.3 is 15.6 Å². The average molecular weight is 395 g/mol. The van der Waals surface area contributed by atoms with E-state index in [2.05, 4.69) is 27.5 Å². The minimum absolute atomic E-state index is 0.0144. The number of fused-ring (bicyclic) bond motifs is 1. The molecule has 3 N–H and O–H groups in total. The number of H-pyrrole nitrogens is 1. The molecule has 1 aromatic heterocycles. The lowest BCUT2D eigenvalue weighted by atomic mass is 9.81. The summed E-state index contributed by atoms with van der Waals surface area (Å²) in [6, 6.07) is 15.9. The Hall–Kier alpha value is -2.31. The minimum atomic E-state index is 0.0144. The number of imidazole rings is 1. The number of carbonyl (C=O) groups is 1. The fourth-order valence-corrected chi connectivity index (χ4v) is 4.50. The van der Waals surface area contributed by atoms with E-state index < -0.39 is 0 Å². The van der Waals surface area contributed by atoms with Gasteiger partial charge in [0.1, 0.15) is 0 Å². The fourth-order valence-electron chi connectivity index (χ4n) is 3.61. The fraction of sp³-hybridized carbons (Fsp3) is 0.364. The number of para-hydroxylation sites is 2. The standard InChI is InChI=1S/C22H26N4OS/c1-22(10-12-23-13-11-22)15-24-20(27)17-7-3-2-6-16(17)14-28-21-25-18-8-4-5-9-19(18)26-21/h2-9,23H,10-15H2,1H3,(H,24,27)(H,25,26). The number of piperidine rings is 1. The third-order valence-electron chi connectivity index (χ3n) is 5.48. The molecule has 0 radical (unpaired) electrons. The first-order chi connectivity index (χ1) is 13.6. The number of thioether (sulfide) groups is 1. The van der Waals surface area contributed by atoms with Crippen molar-refractivity contribution in [2.75, 3.05) is 19.6 Å². The van der Waals surface area contributed by atoms with E-state index in [1.165, 1.54) is 0 Å². The van der Waals surface area contributed by atoms with Crippen molar-refractivity contribution in [3.05, 3.63) is 59.7 Å². The van der Waals surface area contributed by atoms with Crippen LogP contribution in [0.2, 0.25) is 0 Å². The summed E-state index contributed by atoms with van der Waals surface area (Å²) in [5.41, 5.74) is 3.96. The van der Waals surface area contributed by atoms with Crippen LogP contribution in [0.1, 0.15) is 35.7 Å². The molecule has 1 aliphatic rings. The van der Waals surface area contributed by atoms with Crippen LogP contribution in [-0.2, 0) is 5.75 Å². The molecule has 0 saturated carbocycles. The lowest BCUT2D eigenvalue weighted by Gasteiger charge is -2.34. The van der Waals surface area contributed by atoms with Gasteiger partial charge >= 0.3 is 0 Å². The molecule has 0 aliphatic carbocycles. The molecule has 1 saturated heterocycles. The van der Waals surface area contributed by atoms with E-state index in [1.807, 2.05) is 48.5 Å². The average Bonchev–Trinajstić information content (AvgIpc) is 3.14. The maximum atomic E-state index is 12.8. The van der Waals surface area contributed by atoms with Crippen molar-refractivity contribution in [2.45, 2.75) is 30.7 Å². The summed E-state index contributed by atoms with van der Waals surface area (Å²) in [4.78, 5) is 20.8. The Kier molecular flexibility index (Phi) is 5.69. The van der Waals surface area contributed by atoms with Crippen molar-refractivity contribution in [1.29, 1.82) is 0 Å². The summed E-state index contributed by atoms with van der Waals surface area (Å²) in [5, 5.41) is 7.43. The highest BCUT2D eigenvalue weighted by atomic mass is 32.2. The van der Waals surface area contributed by atoms with E-state index >= 15 is 0 Å². The van der Waals surface area contributed by atoms with Gasteiger partial charge in [0, 0.05) is 17.9 Å². The van der Waals surface area contributed by atoms with E-state index in [-0.39, 0.29) is 11.3 Å². The number of aromatic nitrogens is 2. The van der Waals surface area contributed by atoms with E-state index in [1.54, 1.807) is 11.8 Å². The summed E-state index contributed by atoms with van der Waals surface area (Å²) in [7, 11) is 0. The Morgan fingerprint density at radius 2 is 1.89 bits per heavy atom. The molecule has 0 unspecified atom stereocenters. The van der Waals surface area contributed by atoms with Gasteiger partial charge in [-0.1, -0.05) is 49.0 Å². The van der Waals surface area contributed by atoms with E-state index in [0.717, 1.165) is 59.8 Å². The third kappa shape index (κ3) is 4.39. The first-order valence-corrected chi connectivity index (χ1v) is 10.8. The number of nitrogens with one attached hydrogen (secondary N) is 3. The Morgan fingerprint density at radius 3 is 2.71 bits per heavy atom. The number of amides is 1. The first-order valence-electron chi connectivity index (χ1n) is 9.77. The number of hydrogen-bond acceptors (Lipinski definition) is 4. The number of nitrogens with zero attached hydrogens (tertiary/aromatic N) is 1. The zero-order valence-electron chi connectivity index (χ0n) is 16.1. The van der Waals surface area contributed by atoms with Gasteiger partial charge in [-0.05, 0) is 55.1 Å². The van der Waals surface area contributed by atoms with Crippen LogP contribution in [0.5, 0.6) is 0 Å². The van der Waals surface area contributed by atoms with Gasteiger partial charge in [-0.25, -0.2) is 4.98 Å². The van der Waals surface area contributed by atoms with Crippen molar-refractivity contribution in [2.24, 2.45) is 5.41 Å². The van der Waals surface area contributed by atoms with Crippen LogP contribution in [-0.4, -0.2) is 35.5 Å². The molecule has 0 spiro atoms. The monoisotopic (exact) mass is 394 g/mol. The smallest absolute Gasteiger partial charge is 0.251 e. The number of aromatic amines is 1. The SMILES string of the molecule is CC1(CNC(=O)c2ccccc2CSc2nc3ccccc3[nH]2)CCNCC1.